The minimum Gasteiger partial charge on any atom is -0.315 e. The lowest BCUT2D eigenvalue weighted by atomic mass is 10.0. The second kappa shape index (κ2) is 5.32. The van der Waals surface area contributed by atoms with Crippen LogP contribution in [0.2, 0.25) is 0 Å². The number of thiophene rings is 1. The summed E-state index contributed by atoms with van der Waals surface area (Å²) in [6, 6.07) is 2.16. The maximum absolute atomic E-state index is 12.2. The van der Waals surface area contributed by atoms with Crippen molar-refractivity contribution in [1.82, 2.24) is 5.32 Å². The Kier molecular flexibility index (Phi) is 3.54. The Morgan fingerprint density at radius 1 is 1.37 bits per heavy atom. The zero-order valence-corrected chi connectivity index (χ0v) is 11.6. The first kappa shape index (κ1) is 12.6. The van der Waals surface area contributed by atoms with E-state index in [9.17, 15) is 10.1 Å². The first-order chi connectivity index (χ1) is 9.29. The number of amides is 1. The molecule has 0 saturated carbocycles. The van der Waals surface area contributed by atoms with Gasteiger partial charge < -0.3 is 10.6 Å². The fourth-order valence-electron chi connectivity index (χ4n) is 2.89. The highest BCUT2D eigenvalue weighted by atomic mass is 32.1. The van der Waals surface area contributed by atoms with Crippen molar-refractivity contribution in [2.75, 3.05) is 11.9 Å². The molecule has 2 heterocycles. The number of anilines is 1. The summed E-state index contributed by atoms with van der Waals surface area (Å²) in [4.78, 5) is 13.5. The number of hydrogen-bond acceptors (Lipinski definition) is 4. The van der Waals surface area contributed by atoms with Gasteiger partial charge in [0, 0.05) is 4.88 Å². The molecule has 1 aliphatic heterocycles. The summed E-state index contributed by atoms with van der Waals surface area (Å²) in [5.74, 6) is 0.0103. The van der Waals surface area contributed by atoms with Crippen LogP contribution in [0.3, 0.4) is 0 Å². The van der Waals surface area contributed by atoms with E-state index in [2.05, 4.69) is 16.7 Å². The molecule has 1 atom stereocenters. The van der Waals surface area contributed by atoms with Gasteiger partial charge in [0.2, 0.25) is 5.91 Å². The molecule has 4 nitrogen and oxygen atoms in total. The molecule has 3 rings (SSSR count). The predicted molar refractivity (Wildman–Crippen MR) is 75.3 cm³/mol. The second-order valence-corrected chi connectivity index (χ2v) is 6.27. The maximum atomic E-state index is 12.2. The Hall–Kier alpha value is -1.38. The Labute approximate surface area is 116 Å². The highest BCUT2D eigenvalue weighted by molar-refractivity contribution is 7.16. The lowest BCUT2D eigenvalue weighted by Gasteiger charge is -2.22. The third-order valence-electron chi connectivity index (χ3n) is 3.90. The van der Waals surface area contributed by atoms with Crippen LogP contribution in [-0.2, 0) is 17.6 Å². The maximum Gasteiger partial charge on any atom is 0.242 e. The van der Waals surface area contributed by atoms with Gasteiger partial charge in [0.05, 0.1) is 11.6 Å². The summed E-state index contributed by atoms with van der Waals surface area (Å²) in [7, 11) is 0. The molecule has 19 heavy (non-hydrogen) atoms. The summed E-state index contributed by atoms with van der Waals surface area (Å²) in [6.45, 7) is 0.907. The van der Waals surface area contributed by atoms with Gasteiger partial charge in [-0.2, -0.15) is 5.26 Å². The largest absolute Gasteiger partial charge is 0.315 e. The van der Waals surface area contributed by atoms with Gasteiger partial charge >= 0.3 is 0 Å². The van der Waals surface area contributed by atoms with Crippen molar-refractivity contribution >= 4 is 22.2 Å². The van der Waals surface area contributed by atoms with Crippen molar-refractivity contribution in [3.8, 4) is 6.07 Å². The summed E-state index contributed by atoms with van der Waals surface area (Å²) < 4.78 is 0. The molecule has 1 saturated heterocycles. The van der Waals surface area contributed by atoms with E-state index in [1.807, 2.05) is 0 Å². The Balaban J connectivity index is 1.76. The van der Waals surface area contributed by atoms with E-state index in [0.29, 0.717) is 5.56 Å². The zero-order valence-electron chi connectivity index (χ0n) is 10.8. The normalized spacial score (nSPS) is 21.7. The van der Waals surface area contributed by atoms with E-state index in [0.717, 1.165) is 50.1 Å². The van der Waals surface area contributed by atoms with Crippen molar-refractivity contribution in [3.05, 3.63) is 16.0 Å². The molecule has 100 valence electrons. The van der Waals surface area contributed by atoms with Crippen molar-refractivity contribution < 1.29 is 4.79 Å². The molecule has 0 radical (unpaired) electrons. The van der Waals surface area contributed by atoms with Crippen molar-refractivity contribution in [1.29, 1.82) is 5.26 Å². The van der Waals surface area contributed by atoms with Crippen LogP contribution < -0.4 is 10.6 Å². The highest BCUT2D eigenvalue weighted by Crippen LogP contribution is 2.38. The molecule has 0 unspecified atom stereocenters. The van der Waals surface area contributed by atoms with Crippen molar-refractivity contribution in [2.45, 2.75) is 44.6 Å². The number of nitriles is 1. The van der Waals surface area contributed by atoms with Gasteiger partial charge in [0.1, 0.15) is 11.1 Å². The molecular formula is C14H17N3OS. The Bertz CT molecular complexity index is 538. The molecule has 1 amide bonds. The van der Waals surface area contributed by atoms with E-state index >= 15 is 0 Å². The van der Waals surface area contributed by atoms with Crippen LogP contribution >= 0.6 is 11.3 Å². The van der Waals surface area contributed by atoms with Crippen LogP contribution in [0.15, 0.2) is 0 Å². The number of nitrogens with one attached hydrogen (secondary N) is 2. The van der Waals surface area contributed by atoms with Gasteiger partial charge in [-0.3, -0.25) is 4.79 Å². The fourth-order valence-corrected chi connectivity index (χ4v) is 4.13. The lowest BCUT2D eigenvalue weighted by molar-refractivity contribution is -0.118. The van der Waals surface area contributed by atoms with Crippen LogP contribution in [0, 0.1) is 11.3 Å². The van der Waals surface area contributed by atoms with E-state index in [1.165, 1.54) is 10.4 Å². The average molecular weight is 275 g/mol. The molecule has 0 aromatic carbocycles. The number of nitrogens with zero attached hydrogens (tertiary/aromatic N) is 1. The first-order valence-corrected chi connectivity index (χ1v) is 7.70. The highest BCUT2D eigenvalue weighted by Gasteiger charge is 2.26. The Morgan fingerprint density at radius 3 is 3.00 bits per heavy atom. The molecule has 1 aromatic rings. The molecule has 2 N–H and O–H groups in total. The van der Waals surface area contributed by atoms with Crippen LogP contribution in [0.25, 0.3) is 0 Å². The van der Waals surface area contributed by atoms with Crippen LogP contribution in [0.5, 0.6) is 0 Å². The average Bonchev–Trinajstić information content (AvgIpc) is 3.00. The molecule has 1 fully saturated rings. The van der Waals surface area contributed by atoms with Crippen molar-refractivity contribution in [3.63, 3.8) is 0 Å². The lowest BCUT2D eigenvalue weighted by Crippen LogP contribution is -2.43. The quantitative estimate of drug-likeness (QED) is 0.869. The number of fused-ring (bicyclic) bond motifs is 1. The fraction of sp³-hybridized carbons (Fsp3) is 0.571. The molecule has 1 aromatic heterocycles. The smallest absolute Gasteiger partial charge is 0.242 e. The van der Waals surface area contributed by atoms with Crippen LogP contribution in [0.4, 0.5) is 5.00 Å². The summed E-state index contributed by atoms with van der Waals surface area (Å²) in [5, 5.41) is 16.2. The third-order valence-corrected chi connectivity index (χ3v) is 5.10. The standard InChI is InChI=1S/C14H17N3OS/c15-8-10-9-4-3-6-12(9)19-14(10)17-13(18)11-5-1-2-7-16-11/h11,16H,1-7H2,(H,17,18)/t11-/m0/s1. The molecule has 0 bridgehead atoms. The number of aryl methyl sites for hydroxylation is 1. The second-order valence-electron chi connectivity index (χ2n) is 5.17. The predicted octanol–water partition coefficient (Wildman–Crippen LogP) is 2.19. The molecular weight excluding hydrogens is 258 g/mol. The number of carbonyl (C=O) groups excluding carboxylic acids is 1. The van der Waals surface area contributed by atoms with Gasteiger partial charge in [-0.05, 0) is 44.2 Å². The monoisotopic (exact) mass is 275 g/mol. The van der Waals surface area contributed by atoms with Gasteiger partial charge in [-0.15, -0.1) is 11.3 Å². The summed E-state index contributed by atoms with van der Waals surface area (Å²) >= 11 is 1.58. The summed E-state index contributed by atoms with van der Waals surface area (Å²) in [6.07, 6.45) is 6.28. The van der Waals surface area contributed by atoms with E-state index in [-0.39, 0.29) is 11.9 Å². The van der Waals surface area contributed by atoms with Crippen LogP contribution in [-0.4, -0.2) is 18.5 Å². The van der Waals surface area contributed by atoms with Gasteiger partial charge in [0.25, 0.3) is 0 Å². The van der Waals surface area contributed by atoms with Gasteiger partial charge in [0.15, 0.2) is 0 Å². The molecule has 1 aliphatic carbocycles. The van der Waals surface area contributed by atoms with Gasteiger partial charge in [-0.1, -0.05) is 6.42 Å². The van der Waals surface area contributed by atoms with E-state index in [4.69, 9.17) is 0 Å². The number of carbonyl (C=O) groups is 1. The molecule has 0 spiro atoms. The third kappa shape index (κ3) is 2.38. The van der Waals surface area contributed by atoms with E-state index < -0.39 is 0 Å². The zero-order chi connectivity index (χ0) is 13.2. The number of rotatable bonds is 2. The van der Waals surface area contributed by atoms with Gasteiger partial charge in [-0.25, -0.2) is 0 Å². The van der Waals surface area contributed by atoms with E-state index in [1.54, 1.807) is 11.3 Å². The SMILES string of the molecule is N#Cc1c(NC(=O)[C@@H]2CCCCN2)sc2c1CCC2. The number of piperidine rings is 1. The van der Waals surface area contributed by atoms with Crippen LogP contribution in [0.1, 0.15) is 41.7 Å². The summed E-state index contributed by atoms with van der Waals surface area (Å²) in [5.41, 5.74) is 1.86. The minimum absolute atomic E-state index is 0.0103. The van der Waals surface area contributed by atoms with Crippen molar-refractivity contribution in [2.24, 2.45) is 0 Å². The number of hydrogen-bond donors (Lipinski definition) is 2. The first-order valence-electron chi connectivity index (χ1n) is 6.88. The molecule has 2 aliphatic rings. The topological polar surface area (TPSA) is 64.9 Å². The Morgan fingerprint density at radius 2 is 2.26 bits per heavy atom. The molecule has 5 heteroatoms. The minimum atomic E-state index is -0.0998.